The number of aromatic nitrogens is 1. The molecule has 0 unspecified atom stereocenters. The smallest absolute Gasteiger partial charge is 0.132 e. The molecule has 0 fully saturated rings. The minimum absolute atomic E-state index is 0.0364. The van der Waals surface area contributed by atoms with Crippen molar-refractivity contribution in [1.82, 2.24) is 4.98 Å². The summed E-state index contributed by atoms with van der Waals surface area (Å²) in [6, 6.07) is 0. The largest absolute Gasteiger partial charge is 0.383 e. The Bertz CT molecular complexity index is 428. The van der Waals surface area contributed by atoms with Gasteiger partial charge in [0.15, 0.2) is 0 Å². The zero-order valence-corrected chi connectivity index (χ0v) is 10.8. The molecule has 0 aromatic carbocycles. The quantitative estimate of drug-likeness (QED) is 0.874. The Morgan fingerprint density at radius 3 is 2.00 bits per heavy atom. The molecule has 18 heavy (non-hydrogen) atoms. The molecule has 0 aliphatic rings. The summed E-state index contributed by atoms with van der Waals surface area (Å²) in [5, 5.41) is 2.97. The molecule has 3 N–H and O–H groups in total. The van der Waals surface area contributed by atoms with Crippen LogP contribution in [0.4, 0.5) is 24.7 Å². The first-order valence-electron chi connectivity index (χ1n) is 5.60. The van der Waals surface area contributed by atoms with E-state index in [-0.39, 0.29) is 28.3 Å². The average Bonchev–Trinajstić information content (AvgIpc) is 2.26. The summed E-state index contributed by atoms with van der Waals surface area (Å²) in [6.45, 7) is 2.78. The van der Waals surface area contributed by atoms with E-state index in [9.17, 15) is 13.2 Å². The number of halogens is 3. The number of rotatable bonds is 4. The van der Waals surface area contributed by atoms with Gasteiger partial charge in [-0.15, -0.1) is 0 Å². The van der Waals surface area contributed by atoms with E-state index in [1.165, 1.54) is 0 Å². The minimum atomic E-state index is -0.936. The predicted octanol–water partition coefficient (Wildman–Crippen LogP) is 3.28. The third-order valence-electron chi connectivity index (χ3n) is 2.41. The number of anilines is 2. The van der Waals surface area contributed by atoms with Crippen LogP contribution in [-0.4, -0.2) is 10.5 Å². The Morgan fingerprint density at radius 2 is 1.61 bits per heavy atom. The number of nitrogens with two attached hydrogens (primary N) is 1. The van der Waals surface area contributed by atoms with Gasteiger partial charge in [-0.25, -0.2) is 18.2 Å². The lowest BCUT2D eigenvalue weighted by Crippen LogP contribution is -2.28. The van der Waals surface area contributed by atoms with Crippen LogP contribution in [0.2, 0.25) is 0 Å². The second-order valence-corrected chi connectivity index (χ2v) is 5.05. The maximum atomic E-state index is 13.0. The first kappa shape index (κ1) is 14.6. The summed E-state index contributed by atoms with van der Waals surface area (Å²) in [6.07, 6.45) is 0. The van der Waals surface area contributed by atoms with Gasteiger partial charge in [0.1, 0.15) is 25.8 Å². The van der Waals surface area contributed by atoms with E-state index in [0.29, 0.717) is 0 Å². The average molecular weight is 261 g/mol. The third-order valence-corrected chi connectivity index (χ3v) is 2.41. The van der Waals surface area contributed by atoms with Gasteiger partial charge in [0, 0.05) is 16.7 Å². The van der Waals surface area contributed by atoms with Gasteiger partial charge in [0.05, 0.1) is 11.4 Å². The molecule has 0 amide bonds. The van der Waals surface area contributed by atoms with Crippen LogP contribution < -0.4 is 11.1 Å². The first-order chi connectivity index (χ1) is 8.34. The highest BCUT2D eigenvalue weighted by atomic mass is 19.1. The SMILES string of the molecule is CC(C)(C)Nc1c(CF)c(N)nc(CF)c1CF. The molecule has 0 atom stereocenters. The number of hydrogen-bond donors (Lipinski definition) is 2. The van der Waals surface area contributed by atoms with Crippen LogP contribution in [0.15, 0.2) is 0 Å². The lowest BCUT2D eigenvalue weighted by atomic mass is 10.0. The van der Waals surface area contributed by atoms with Crippen molar-refractivity contribution in [3.63, 3.8) is 0 Å². The van der Waals surface area contributed by atoms with Crippen molar-refractivity contribution in [2.24, 2.45) is 0 Å². The van der Waals surface area contributed by atoms with Crippen molar-refractivity contribution in [1.29, 1.82) is 0 Å². The molecule has 0 radical (unpaired) electrons. The molecule has 0 aliphatic carbocycles. The summed E-state index contributed by atoms with van der Waals surface area (Å²) in [4.78, 5) is 3.71. The van der Waals surface area contributed by atoms with Crippen LogP contribution >= 0.6 is 0 Å². The molecule has 0 saturated carbocycles. The standard InChI is InChI=1S/C12H18F3N3/c1-12(2,3)18-10-7(4-13)9(6-15)17-11(16)8(10)5-14/h4-6H2,1-3H3,(H3,16,17,18). The molecule has 1 rings (SSSR count). The molecule has 6 heteroatoms. The van der Waals surface area contributed by atoms with E-state index in [1.54, 1.807) is 0 Å². The molecular weight excluding hydrogens is 243 g/mol. The monoisotopic (exact) mass is 261 g/mol. The van der Waals surface area contributed by atoms with Crippen LogP contribution in [-0.2, 0) is 20.0 Å². The van der Waals surface area contributed by atoms with E-state index in [1.807, 2.05) is 20.8 Å². The van der Waals surface area contributed by atoms with Gasteiger partial charge in [-0.3, -0.25) is 0 Å². The van der Waals surface area contributed by atoms with Crippen LogP contribution in [0.5, 0.6) is 0 Å². The Kier molecular flexibility index (Phi) is 4.43. The van der Waals surface area contributed by atoms with Crippen LogP contribution in [0.1, 0.15) is 37.6 Å². The highest BCUT2D eigenvalue weighted by molar-refractivity contribution is 5.66. The number of nitrogen functional groups attached to an aromatic ring is 1. The summed E-state index contributed by atoms with van der Waals surface area (Å²) in [5.74, 6) is -0.103. The third kappa shape index (κ3) is 3.05. The van der Waals surface area contributed by atoms with Gasteiger partial charge >= 0.3 is 0 Å². The van der Waals surface area contributed by atoms with Crippen molar-refractivity contribution in [3.8, 4) is 0 Å². The van der Waals surface area contributed by atoms with Crippen LogP contribution in [0.25, 0.3) is 0 Å². The Hall–Kier alpha value is -1.46. The number of nitrogens with one attached hydrogen (secondary N) is 1. The Morgan fingerprint density at radius 1 is 1.06 bits per heavy atom. The van der Waals surface area contributed by atoms with Crippen LogP contribution in [0, 0.1) is 0 Å². The summed E-state index contributed by atoms with van der Waals surface area (Å²) < 4.78 is 38.8. The fraction of sp³-hybridized carbons (Fsp3) is 0.583. The van der Waals surface area contributed by atoms with Gasteiger partial charge < -0.3 is 11.1 Å². The Labute approximate surface area is 105 Å². The molecule has 0 spiro atoms. The second-order valence-electron chi connectivity index (χ2n) is 5.05. The number of pyridine rings is 1. The van der Waals surface area contributed by atoms with Gasteiger partial charge in [-0.2, -0.15) is 0 Å². The van der Waals surface area contributed by atoms with Gasteiger partial charge in [0.2, 0.25) is 0 Å². The van der Waals surface area contributed by atoms with E-state index in [2.05, 4.69) is 10.3 Å². The maximum absolute atomic E-state index is 13.0. The molecular formula is C12H18F3N3. The van der Waals surface area contributed by atoms with Gasteiger partial charge in [-0.05, 0) is 20.8 Å². The second kappa shape index (κ2) is 5.46. The predicted molar refractivity (Wildman–Crippen MR) is 66.5 cm³/mol. The molecule has 0 aliphatic heterocycles. The summed E-state index contributed by atoms with van der Waals surface area (Å²) in [7, 11) is 0. The fourth-order valence-corrected chi connectivity index (χ4v) is 1.65. The fourth-order valence-electron chi connectivity index (χ4n) is 1.65. The molecule has 0 bridgehead atoms. The number of alkyl halides is 3. The molecule has 0 saturated heterocycles. The number of hydrogen-bond acceptors (Lipinski definition) is 3. The minimum Gasteiger partial charge on any atom is -0.383 e. The van der Waals surface area contributed by atoms with E-state index >= 15 is 0 Å². The highest BCUT2D eigenvalue weighted by Crippen LogP contribution is 2.32. The topological polar surface area (TPSA) is 50.9 Å². The molecule has 1 aromatic heterocycles. The first-order valence-corrected chi connectivity index (χ1v) is 5.60. The zero-order chi connectivity index (χ0) is 13.9. The zero-order valence-electron chi connectivity index (χ0n) is 10.8. The number of nitrogens with zero attached hydrogens (tertiary/aromatic N) is 1. The molecule has 102 valence electrons. The lowest BCUT2D eigenvalue weighted by molar-refractivity contribution is 0.443. The van der Waals surface area contributed by atoms with E-state index < -0.39 is 25.6 Å². The van der Waals surface area contributed by atoms with Crippen molar-refractivity contribution >= 4 is 11.5 Å². The maximum Gasteiger partial charge on any atom is 0.132 e. The molecule has 1 heterocycles. The summed E-state index contributed by atoms with van der Waals surface area (Å²) in [5.41, 5.74) is 5.40. The van der Waals surface area contributed by atoms with Crippen molar-refractivity contribution in [2.45, 2.75) is 46.3 Å². The van der Waals surface area contributed by atoms with E-state index in [0.717, 1.165) is 0 Å². The van der Waals surface area contributed by atoms with Crippen LogP contribution in [0.3, 0.4) is 0 Å². The van der Waals surface area contributed by atoms with Gasteiger partial charge in [0.25, 0.3) is 0 Å². The highest BCUT2D eigenvalue weighted by Gasteiger charge is 2.21. The Balaban J connectivity index is 3.45. The van der Waals surface area contributed by atoms with E-state index in [4.69, 9.17) is 5.73 Å². The molecule has 1 aromatic rings. The van der Waals surface area contributed by atoms with Gasteiger partial charge in [-0.1, -0.05) is 0 Å². The lowest BCUT2D eigenvalue weighted by Gasteiger charge is -2.26. The molecule has 3 nitrogen and oxygen atoms in total. The van der Waals surface area contributed by atoms with Crippen molar-refractivity contribution in [3.05, 3.63) is 16.8 Å². The summed E-state index contributed by atoms with van der Waals surface area (Å²) >= 11 is 0. The van der Waals surface area contributed by atoms with Crippen molar-refractivity contribution in [2.75, 3.05) is 11.1 Å². The van der Waals surface area contributed by atoms with Crippen molar-refractivity contribution < 1.29 is 13.2 Å². The normalized spacial score (nSPS) is 11.7.